The predicted octanol–water partition coefficient (Wildman–Crippen LogP) is 5.11. The summed E-state index contributed by atoms with van der Waals surface area (Å²) in [5.74, 6) is -0.464. The zero-order valence-corrected chi connectivity index (χ0v) is 18.8. The van der Waals surface area contributed by atoms with E-state index in [0.29, 0.717) is 24.4 Å². The second-order valence-electron chi connectivity index (χ2n) is 8.20. The first-order valence-corrected chi connectivity index (χ1v) is 11.0. The van der Waals surface area contributed by atoms with E-state index in [4.69, 9.17) is 0 Å². The molecule has 0 aliphatic carbocycles. The molecule has 0 fully saturated rings. The molecule has 1 aliphatic rings. The summed E-state index contributed by atoms with van der Waals surface area (Å²) in [6, 6.07) is 25.7. The van der Waals surface area contributed by atoms with E-state index in [1.165, 1.54) is 4.90 Å². The molecule has 0 N–H and O–H groups in total. The summed E-state index contributed by atoms with van der Waals surface area (Å²) < 4.78 is 0. The van der Waals surface area contributed by atoms with Gasteiger partial charge in [-0.05, 0) is 48.6 Å². The number of carbonyl (C=O) groups is 2. The number of rotatable bonds is 7. The van der Waals surface area contributed by atoms with Crippen molar-refractivity contribution in [3.63, 3.8) is 0 Å². The molecule has 162 valence electrons. The first-order chi connectivity index (χ1) is 15.5. The van der Waals surface area contributed by atoms with E-state index in [2.05, 4.69) is 0 Å². The maximum atomic E-state index is 13.7. The molecule has 0 saturated carbocycles. The minimum atomic E-state index is -0.233. The Bertz CT molecular complexity index is 1170. The van der Waals surface area contributed by atoms with Crippen LogP contribution in [-0.4, -0.2) is 28.2 Å². The van der Waals surface area contributed by atoms with Gasteiger partial charge in [-0.15, -0.1) is 0 Å². The normalized spacial score (nSPS) is 13.8. The highest BCUT2D eigenvalue weighted by molar-refractivity contribution is 6.35. The van der Waals surface area contributed by atoms with Crippen molar-refractivity contribution in [1.82, 2.24) is 9.80 Å². The minimum Gasteiger partial charge on any atom is -0.362 e. The molecule has 1 heterocycles. The fraction of sp³-hybridized carbons (Fsp3) is 0.214. The van der Waals surface area contributed by atoms with E-state index < -0.39 is 0 Å². The fourth-order valence-corrected chi connectivity index (χ4v) is 4.08. The standard InChI is InChI=1S/C28H28N2O2/c1-4-29(18-22-11-7-5-8-12-22)26-25(24-16-15-20(2)21(3)17-24)27(31)30(28(26)32)19-23-13-9-6-10-14-23/h5-17H,4,18-19H2,1-3H3. The Morgan fingerprint density at radius 2 is 1.38 bits per heavy atom. The zero-order valence-electron chi connectivity index (χ0n) is 18.8. The lowest BCUT2D eigenvalue weighted by Gasteiger charge is -2.25. The quantitative estimate of drug-likeness (QED) is 0.495. The first kappa shape index (κ1) is 21.6. The first-order valence-electron chi connectivity index (χ1n) is 11.0. The van der Waals surface area contributed by atoms with Gasteiger partial charge in [0.25, 0.3) is 11.8 Å². The molecule has 1 aliphatic heterocycles. The summed E-state index contributed by atoms with van der Waals surface area (Å²) in [7, 11) is 0. The summed E-state index contributed by atoms with van der Waals surface area (Å²) in [4.78, 5) is 30.7. The summed E-state index contributed by atoms with van der Waals surface area (Å²) in [5.41, 5.74) is 6.06. The Labute approximate surface area is 189 Å². The number of carbonyl (C=O) groups excluding carboxylic acids is 2. The zero-order chi connectivity index (χ0) is 22.7. The average molecular weight is 425 g/mol. The van der Waals surface area contributed by atoms with Gasteiger partial charge in [-0.2, -0.15) is 0 Å². The van der Waals surface area contributed by atoms with E-state index >= 15 is 0 Å². The number of likely N-dealkylation sites (N-methyl/N-ethyl adjacent to an activating group) is 1. The SMILES string of the molecule is CCN(Cc1ccccc1)C1=C(c2ccc(C)c(C)c2)C(=O)N(Cc2ccccc2)C1=O. The van der Waals surface area contributed by atoms with Gasteiger partial charge in [-0.25, -0.2) is 0 Å². The second kappa shape index (κ2) is 9.23. The molecule has 0 aromatic heterocycles. The molecule has 0 unspecified atom stereocenters. The molecular formula is C28H28N2O2. The molecule has 2 amide bonds. The number of hydrogen-bond donors (Lipinski definition) is 0. The third kappa shape index (κ3) is 4.22. The van der Waals surface area contributed by atoms with Crippen LogP contribution in [0.1, 0.15) is 34.7 Å². The van der Waals surface area contributed by atoms with Crippen molar-refractivity contribution < 1.29 is 9.59 Å². The van der Waals surface area contributed by atoms with Gasteiger partial charge in [0.05, 0.1) is 12.1 Å². The minimum absolute atomic E-state index is 0.232. The molecule has 32 heavy (non-hydrogen) atoms. The van der Waals surface area contributed by atoms with Crippen molar-refractivity contribution >= 4 is 17.4 Å². The number of aryl methyl sites for hydroxylation is 2. The Morgan fingerprint density at radius 1 is 0.750 bits per heavy atom. The van der Waals surface area contributed by atoms with Crippen LogP contribution in [0.5, 0.6) is 0 Å². The molecule has 0 radical (unpaired) electrons. The fourth-order valence-electron chi connectivity index (χ4n) is 4.08. The van der Waals surface area contributed by atoms with E-state index in [0.717, 1.165) is 27.8 Å². The third-order valence-corrected chi connectivity index (χ3v) is 6.04. The highest BCUT2D eigenvalue weighted by Crippen LogP contribution is 2.34. The van der Waals surface area contributed by atoms with Crippen LogP contribution in [0.3, 0.4) is 0 Å². The molecule has 0 spiro atoms. The van der Waals surface area contributed by atoms with Gasteiger partial charge in [0.2, 0.25) is 0 Å². The van der Waals surface area contributed by atoms with Crippen LogP contribution in [-0.2, 0) is 22.7 Å². The summed E-state index contributed by atoms with van der Waals surface area (Å²) in [6.45, 7) is 7.55. The Morgan fingerprint density at radius 3 is 1.97 bits per heavy atom. The van der Waals surface area contributed by atoms with Crippen LogP contribution in [0.15, 0.2) is 84.6 Å². The van der Waals surface area contributed by atoms with Gasteiger partial charge in [0, 0.05) is 13.1 Å². The van der Waals surface area contributed by atoms with Gasteiger partial charge in [-0.1, -0.05) is 78.9 Å². The van der Waals surface area contributed by atoms with Crippen molar-refractivity contribution in [2.24, 2.45) is 0 Å². The van der Waals surface area contributed by atoms with E-state index in [1.807, 2.05) is 105 Å². The maximum absolute atomic E-state index is 13.7. The van der Waals surface area contributed by atoms with Gasteiger partial charge in [0.1, 0.15) is 5.70 Å². The van der Waals surface area contributed by atoms with Gasteiger partial charge in [-0.3, -0.25) is 14.5 Å². The van der Waals surface area contributed by atoms with Crippen molar-refractivity contribution in [3.8, 4) is 0 Å². The molecule has 4 rings (SSSR count). The van der Waals surface area contributed by atoms with Crippen molar-refractivity contribution in [3.05, 3.63) is 112 Å². The predicted molar refractivity (Wildman–Crippen MR) is 127 cm³/mol. The van der Waals surface area contributed by atoms with Crippen LogP contribution in [0.4, 0.5) is 0 Å². The molecule has 0 saturated heterocycles. The van der Waals surface area contributed by atoms with Crippen LogP contribution in [0, 0.1) is 13.8 Å². The number of amides is 2. The van der Waals surface area contributed by atoms with Crippen LogP contribution >= 0.6 is 0 Å². The average Bonchev–Trinajstić information content (AvgIpc) is 3.05. The highest BCUT2D eigenvalue weighted by Gasteiger charge is 2.41. The second-order valence-corrected chi connectivity index (χ2v) is 8.20. The highest BCUT2D eigenvalue weighted by atomic mass is 16.2. The molecule has 3 aromatic carbocycles. The van der Waals surface area contributed by atoms with Crippen molar-refractivity contribution in [2.45, 2.75) is 33.9 Å². The molecule has 4 nitrogen and oxygen atoms in total. The molecule has 0 bridgehead atoms. The monoisotopic (exact) mass is 424 g/mol. The Kier molecular flexibility index (Phi) is 6.22. The van der Waals surface area contributed by atoms with Crippen molar-refractivity contribution in [1.29, 1.82) is 0 Å². The number of nitrogens with zero attached hydrogens (tertiary/aromatic N) is 2. The lowest BCUT2D eigenvalue weighted by atomic mass is 9.99. The topological polar surface area (TPSA) is 40.6 Å². The van der Waals surface area contributed by atoms with Crippen LogP contribution < -0.4 is 0 Å². The number of hydrogen-bond acceptors (Lipinski definition) is 3. The maximum Gasteiger partial charge on any atom is 0.278 e. The molecule has 0 atom stereocenters. The van der Waals surface area contributed by atoms with E-state index in [-0.39, 0.29) is 18.4 Å². The van der Waals surface area contributed by atoms with Crippen molar-refractivity contribution in [2.75, 3.05) is 6.54 Å². The number of imide groups is 1. The summed E-state index contributed by atoms with van der Waals surface area (Å²) >= 11 is 0. The summed E-state index contributed by atoms with van der Waals surface area (Å²) in [6.07, 6.45) is 0. The van der Waals surface area contributed by atoms with Gasteiger partial charge >= 0.3 is 0 Å². The smallest absolute Gasteiger partial charge is 0.278 e. The molecule has 4 heteroatoms. The Balaban J connectivity index is 1.79. The van der Waals surface area contributed by atoms with Crippen LogP contribution in [0.25, 0.3) is 5.57 Å². The van der Waals surface area contributed by atoms with E-state index in [9.17, 15) is 9.59 Å². The van der Waals surface area contributed by atoms with Gasteiger partial charge in [0.15, 0.2) is 0 Å². The summed E-state index contributed by atoms with van der Waals surface area (Å²) in [5, 5.41) is 0. The third-order valence-electron chi connectivity index (χ3n) is 6.04. The van der Waals surface area contributed by atoms with E-state index in [1.54, 1.807) is 0 Å². The van der Waals surface area contributed by atoms with Crippen LogP contribution in [0.2, 0.25) is 0 Å². The van der Waals surface area contributed by atoms with Gasteiger partial charge < -0.3 is 4.90 Å². The molecular weight excluding hydrogens is 396 g/mol. The lowest BCUT2D eigenvalue weighted by molar-refractivity contribution is -0.138. The largest absolute Gasteiger partial charge is 0.362 e. The lowest BCUT2D eigenvalue weighted by Crippen LogP contribution is -2.34. The Hall–Kier alpha value is -3.66. The number of benzene rings is 3. The molecule has 3 aromatic rings.